The van der Waals surface area contributed by atoms with E-state index >= 15 is 0 Å². The van der Waals surface area contributed by atoms with Crippen LogP contribution in [-0.4, -0.2) is 17.9 Å². The van der Waals surface area contributed by atoms with E-state index < -0.39 is 47.0 Å². The van der Waals surface area contributed by atoms with Gasteiger partial charge < -0.3 is 5.32 Å². The minimum Gasteiger partial charge on any atom is -0.325 e. The third kappa shape index (κ3) is 4.12. The zero-order valence-electron chi connectivity index (χ0n) is 11.1. The number of carbonyl (C=O) groups excluding carboxylic acids is 2. The van der Waals surface area contributed by atoms with Crippen molar-refractivity contribution in [3.8, 4) is 0 Å². The number of hydrogen-bond donors (Lipinski definition) is 3. The number of nitrogens with one attached hydrogen (secondary N) is 3. The second kappa shape index (κ2) is 5.72. The molecule has 126 valence electrons. The maximum absolute atomic E-state index is 12.7. The van der Waals surface area contributed by atoms with Crippen molar-refractivity contribution in [2.75, 3.05) is 5.32 Å². The van der Waals surface area contributed by atoms with Gasteiger partial charge in [0.05, 0.1) is 17.5 Å². The summed E-state index contributed by atoms with van der Waals surface area (Å²) in [6.07, 6.45) is -10.3. The molecular weight excluding hydrogens is 332 g/mol. The summed E-state index contributed by atoms with van der Waals surface area (Å²) in [6, 6.07) is -0.366. The highest BCUT2D eigenvalue weighted by molar-refractivity contribution is 5.99. The monoisotopic (exact) mass is 341 g/mol. The fourth-order valence-corrected chi connectivity index (χ4v) is 1.87. The quantitative estimate of drug-likeness (QED) is 0.721. The lowest BCUT2D eigenvalue weighted by Gasteiger charge is -2.16. The minimum atomic E-state index is -5.01. The van der Waals surface area contributed by atoms with Crippen molar-refractivity contribution in [1.29, 1.82) is 0 Å². The highest BCUT2D eigenvalue weighted by Crippen LogP contribution is 2.37. The van der Waals surface area contributed by atoms with Gasteiger partial charge in [-0.3, -0.25) is 15.0 Å². The number of hydrazine groups is 1. The van der Waals surface area contributed by atoms with E-state index in [1.807, 2.05) is 5.32 Å². The highest BCUT2D eigenvalue weighted by atomic mass is 19.4. The van der Waals surface area contributed by atoms with E-state index in [-0.39, 0.29) is 12.5 Å². The molecule has 0 spiro atoms. The Morgan fingerprint density at radius 3 is 1.96 bits per heavy atom. The lowest BCUT2D eigenvalue weighted by molar-refractivity contribution is -0.143. The van der Waals surface area contributed by atoms with E-state index in [0.717, 1.165) is 0 Å². The first-order chi connectivity index (χ1) is 10.5. The standard InChI is InChI=1S/C12H9F6N3O2/c13-11(14,15)5-1-6(12(16,17)18)3-7(2-5)19-10(23)8-4-9(22)21-20-8/h1-3,8,20H,4H2,(H,19,23)(H,21,22). The van der Waals surface area contributed by atoms with Crippen LogP contribution < -0.4 is 16.2 Å². The summed E-state index contributed by atoms with van der Waals surface area (Å²) in [5, 5.41) is 1.94. The molecule has 2 amide bonds. The molecule has 1 unspecified atom stereocenters. The molecule has 5 nitrogen and oxygen atoms in total. The minimum absolute atomic E-state index is 0.0471. The van der Waals surface area contributed by atoms with Gasteiger partial charge >= 0.3 is 12.4 Å². The van der Waals surface area contributed by atoms with Crippen molar-refractivity contribution >= 4 is 17.5 Å². The van der Waals surface area contributed by atoms with Gasteiger partial charge in [-0.1, -0.05) is 0 Å². The SMILES string of the molecule is O=C1CC(C(=O)Nc2cc(C(F)(F)F)cc(C(F)(F)F)c2)NN1. The molecule has 1 aliphatic rings. The van der Waals surface area contributed by atoms with Gasteiger partial charge in [0.2, 0.25) is 11.8 Å². The molecule has 1 aromatic rings. The van der Waals surface area contributed by atoms with Crippen LogP contribution in [0.25, 0.3) is 0 Å². The summed E-state index contributed by atoms with van der Waals surface area (Å²) in [5.41, 5.74) is 0.599. The molecule has 0 bridgehead atoms. The average Bonchev–Trinajstić information content (AvgIpc) is 2.83. The molecule has 1 aromatic carbocycles. The predicted molar refractivity (Wildman–Crippen MR) is 64.8 cm³/mol. The Labute approximate surface area is 125 Å². The summed E-state index contributed by atoms with van der Waals surface area (Å²) >= 11 is 0. The van der Waals surface area contributed by atoms with Crippen molar-refractivity contribution in [2.45, 2.75) is 24.8 Å². The predicted octanol–water partition coefficient (Wildman–Crippen LogP) is 2.06. The first-order valence-electron chi connectivity index (χ1n) is 6.11. The summed E-state index contributed by atoms with van der Waals surface area (Å²) in [5.74, 6) is -1.46. The van der Waals surface area contributed by atoms with Gasteiger partial charge in [0, 0.05) is 5.69 Å². The zero-order valence-corrected chi connectivity index (χ0v) is 11.1. The number of anilines is 1. The summed E-state index contributed by atoms with van der Waals surface area (Å²) in [4.78, 5) is 22.7. The highest BCUT2D eigenvalue weighted by Gasteiger charge is 2.37. The number of rotatable bonds is 2. The third-order valence-corrected chi connectivity index (χ3v) is 2.95. The van der Waals surface area contributed by atoms with Crippen LogP contribution in [0.2, 0.25) is 0 Å². The molecule has 1 fully saturated rings. The van der Waals surface area contributed by atoms with Crippen molar-refractivity contribution < 1.29 is 35.9 Å². The van der Waals surface area contributed by atoms with Crippen molar-refractivity contribution in [3.05, 3.63) is 29.3 Å². The van der Waals surface area contributed by atoms with Gasteiger partial charge in [0.25, 0.3) is 0 Å². The molecule has 11 heteroatoms. The molecular formula is C12H9F6N3O2. The van der Waals surface area contributed by atoms with Gasteiger partial charge in [0.15, 0.2) is 0 Å². The van der Waals surface area contributed by atoms with Crippen molar-refractivity contribution in [3.63, 3.8) is 0 Å². The van der Waals surface area contributed by atoms with Crippen LogP contribution in [0.4, 0.5) is 32.0 Å². The van der Waals surface area contributed by atoms with Crippen LogP contribution in [0.1, 0.15) is 17.5 Å². The lowest BCUT2D eigenvalue weighted by Crippen LogP contribution is -2.39. The number of amides is 2. The summed E-state index contributed by atoms with van der Waals surface area (Å²) < 4.78 is 76.1. The smallest absolute Gasteiger partial charge is 0.325 e. The molecule has 0 radical (unpaired) electrons. The van der Waals surface area contributed by atoms with E-state index in [2.05, 4.69) is 10.9 Å². The Bertz CT molecular complexity index is 608. The Kier molecular flexibility index (Phi) is 4.24. The molecule has 1 saturated heterocycles. The average molecular weight is 341 g/mol. The van der Waals surface area contributed by atoms with Crippen LogP contribution in [0, 0.1) is 0 Å². The fraction of sp³-hybridized carbons (Fsp3) is 0.333. The van der Waals surface area contributed by atoms with Crippen LogP contribution in [-0.2, 0) is 21.9 Å². The van der Waals surface area contributed by atoms with Gasteiger partial charge in [-0.25, -0.2) is 5.43 Å². The Balaban J connectivity index is 2.30. The molecule has 1 aliphatic heterocycles. The molecule has 2 rings (SSSR count). The second-order valence-electron chi connectivity index (χ2n) is 4.73. The molecule has 1 atom stereocenters. The zero-order chi connectivity index (χ0) is 17.4. The number of alkyl halides is 6. The van der Waals surface area contributed by atoms with Gasteiger partial charge in [-0.05, 0) is 18.2 Å². The number of carbonyl (C=O) groups is 2. The first kappa shape index (κ1) is 17.1. The van der Waals surface area contributed by atoms with Crippen LogP contribution in [0.3, 0.4) is 0 Å². The van der Waals surface area contributed by atoms with E-state index in [9.17, 15) is 35.9 Å². The van der Waals surface area contributed by atoms with Crippen molar-refractivity contribution in [2.24, 2.45) is 0 Å². The maximum atomic E-state index is 12.7. The molecule has 0 saturated carbocycles. The first-order valence-corrected chi connectivity index (χ1v) is 6.11. The van der Waals surface area contributed by atoms with Crippen molar-refractivity contribution in [1.82, 2.24) is 10.9 Å². The Hall–Kier alpha value is -2.30. The maximum Gasteiger partial charge on any atom is 0.416 e. The van der Waals surface area contributed by atoms with E-state index in [4.69, 9.17) is 0 Å². The van der Waals surface area contributed by atoms with E-state index in [1.54, 1.807) is 0 Å². The normalized spacial score (nSPS) is 18.7. The fourth-order valence-electron chi connectivity index (χ4n) is 1.87. The second-order valence-corrected chi connectivity index (χ2v) is 4.73. The topological polar surface area (TPSA) is 70.2 Å². The van der Waals surface area contributed by atoms with Crippen LogP contribution in [0.15, 0.2) is 18.2 Å². The largest absolute Gasteiger partial charge is 0.416 e. The Morgan fingerprint density at radius 2 is 1.57 bits per heavy atom. The van der Waals surface area contributed by atoms with E-state index in [0.29, 0.717) is 12.1 Å². The summed E-state index contributed by atoms with van der Waals surface area (Å²) in [6.45, 7) is 0. The van der Waals surface area contributed by atoms with Crippen LogP contribution in [0.5, 0.6) is 0 Å². The number of hydrogen-bond acceptors (Lipinski definition) is 3. The van der Waals surface area contributed by atoms with Gasteiger partial charge in [-0.2, -0.15) is 26.3 Å². The molecule has 3 N–H and O–H groups in total. The van der Waals surface area contributed by atoms with Crippen LogP contribution >= 0.6 is 0 Å². The number of benzene rings is 1. The van der Waals surface area contributed by atoms with Gasteiger partial charge in [0.1, 0.15) is 6.04 Å². The molecule has 0 aliphatic carbocycles. The Morgan fingerprint density at radius 1 is 1.04 bits per heavy atom. The van der Waals surface area contributed by atoms with Gasteiger partial charge in [-0.15, -0.1) is 0 Å². The third-order valence-electron chi connectivity index (χ3n) is 2.95. The number of halogens is 6. The molecule has 1 heterocycles. The lowest BCUT2D eigenvalue weighted by atomic mass is 10.1. The molecule has 0 aromatic heterocycles. The van der Waals surface area contributed by atoms with E-state index in [1.165, 1.54) is 0 Å². The summed E-state index contributed by atoms with van der Waals surface area (Å²) in [7, 11) is 0. The molecule has 23 heavy (non-hydrogen) atoms.